The second-order valence-corrected chi connectivity index (χ2v) is 14.1. The summed E-state index contributed by atoms with van der Waals surface area (Å²) in [5, 5.41) is 0. The predicted molar refractivity (Wildman–Crippen MR) is 176 cm³/mol. The standard InChI is InChI=1S/C34H70NO6P/c1-7-11-15-16-17-18-19-20-21-22-23-24-25-26-27-33(40-32(5)36)31-34(6,41-42(37,38)39)35(28-12-8-2,29-13-9-3)30-14-10-4/h33H,7-31H2,1-6H3,(H-,37,38,39)/p+1. The number of esters is 1. The Morgan fingerprint density at radius 2 is 1.02 bits per heavy atom. The maximum absolute atomic E-state index is 12.4. The third-order valence-electron chi connectivity index (χ3n) is 8.96. The van der Waals surface area contributed by atoms with Crippen molar-refractivity contribution in [2.45, 2.75) is 195 Å². The highest BCUT2D eigenvalue weighted by molar-refractivity contribution is 7.46. The van der Waals surface area contributed by atoms with Crippen LogP contribution in [0.4, 0.5) is 0 Å². The van der Waals surface area contributed by atoms with Gasteiger partial charge >= 0.3 is 13.8 Å². The summed E-state index contributed by atoms with van der Waals surface area (Å²) in [6, 6.07) is 0. The Bertz CT molecular complexity index is 678. The fourth-order valence-corrected chi connectivity index (χ4v) is 7.19. The van der Waals surface area contributed by atoms with E-state index in [4.69, 9.17) is 9.26 Å². The Kier molecular flexibility index (Phi) is 24.5. The summed E-state index contributed by atoms with van der Waals surface area (Å²) in [6.07, 6.45) is 24.3. The van der Waals surface area contributed by atoms with Crippen molar-refractivity contribution in [1.29, 1.82) is 0 Å². The van der Waals surface area contributed by atoms with Gasteiger partial charge in [-0.1, -0.05) is 130 Å². The van der Waals surface area contributed by atoms with Crippen LogP contribution in [0.5, 0.6) is 0 Å². The maximum atomic E-state index is 12.4. The first kappa shape index (κ1) is 41.5. The molecule has 0 aromatic carbocycles. The van der Waals surface area contributed by atoms with Crippen LogP contribution in [0.1, 0.15) is 183 Å². The molecule has 2 unspecified atom stereocenters. The first-order valence-electron chi connectivity index (χ1n) is 17.8. The van der Waals surface area contributed by atoms with Gasteiger partial charge in [0.2, 0.25) is 5.72 Å². The maximum Gasteiger partial charge on any atom is 0.474 e. The molecule has 0 aromatic rings. The SMILES string of the molecule is CCCCCCCCCCCCCCCCC(CC(C)(OP(=O)(O)O)[N+](CCCC)(CCCC)CCCC)OC(C)=O. The number of unbranched alkanes of at least 4 members (excludes halogenated alkanes) is 16. The topological polar surface area (TPSA) is 93.1 Å². The smallest absolute Gasteiger partial charge is 0.462 e. The van der Waals surface area contributed by atoms with Gasteiger partial charge in [0, 0.05) is 13.8 Å². The molecule has 252 valence electrons. The Morgan fingerprint density at radius 3 is 1.36 bits per heavy atom. The molecule has 0 spiro atoms. The molecule has 0 rings (SSSR count). The molecule has 0 saturated heterocycles. The zero-order valence-corrected chi connectivity index (χ0v) is 29.6. The minimum absolute atomic E-state index is 0.285. The number of carbonyl (C=O) groups excluding carboxylic acids is 1. The van der Waals surface area contributed by atoms with Crippen molar-refractivity contribution in [2.24, 2.45) is 0 Å². The van der Waals surface area contributed by atoms with Crippen molar-refractivity contribution in [3.63, 3.8) is 0 Å². The van der Waals surface area contributed by atoms with E-state index in [0.717, 1.165) is 71.0 Å². The van der Waals surface area contributed by atoms with E-state index in [1.165, 1.54) is 84.0 Å². The van der Waals surface area contributed by atoms with Crippen molar-refractivity contribution >= 4 is 13.8 Å². The number of rotatable bonds is 30. The zero-order chi connectivity index (χ0) is 31.7. The summed E-state index contributed by atoms with van der Waals surface area (Å²) in [7, 11) is -4.79. The number of nitrogens with zero attached hydrogens (tertiary/aromatic N) is 1. The largest absolute Gasteiger partial charge is 0.474 e. The predicted octanol–water partition coefficient (Wildman–Crippen LogP) is 10.2. The number of phosphoric ester groups is 1. The molecule has 42 heavy (non-hydrogen) atoms. The quantitative estimate of drug-likeness (QED) is 0.0273. The van der Waals surface area contributed by atoms with Crippen LogP contribution in [0.25, 0.3) is 0 Å². The van der Waals surface area contributed by atoms with Gasteiger partial charge in [0.1, 0.15) is 6.10 Å². The highest BCUT2D eigenvalue weighted by Crippen LogP contribution is 2.48. The Hall–Kier alpha value is -0.460. The number of carbonyl (C=O) groups is 1. The molecular weight excluding hydrogens is 549 g/mol. The summed E-state index contributed by atoms with van der Waals surface area (Å²) in [5.74, 6) is -0.349. The molecule has 0 aliphatic rings. The summed E-state index contributed by atoms with van der Waals surface area (Å²) in [4.78, 5) is 32.3. The van der Waals surface area contributed by atoms with E-state index in [2.05, 4.69) is 27.7 Å². The van der Waals surface area contributed by atoms with E-state index in [-0.39, 0.29) is 12.4 Å². The lowest BCUT2D eigenvalue weighted by atomic mass is 9.95. The molecule has 0 aliphatic carbocycles. The first-order chi connectivity index (χ1) is 20.0. The van der Waals surface area contributed by atoms with Gasteiger partial charge < -0.3 is 14.5 Å². The molecule has 0 aromatic heterocycles. The van der Waals surface area contributed by atoms with Gasteiger partial charge in [-0.05, 0) is 32.1 Å². The number of phosphoric acid groups is 1. The number of hydrogen-bond acceptors (Lipinski definition) is 4. The lowest BCUT2D eigenvalue weighted by molar-refractivity contribution is -0.995. The van der Waals surface area contributed by atoms with Crippen LogP contribution in [0.3, 0.4) is 0 Å². The van der Waals surface area contributed by atoms with Crippen LogP contribution >= 0.6 is 7.82 Å². The molecule has 2 N–H and O–H groups in total. The van der Waals surface area contributed by atoms with Gasteiger partial charge in [0.05, 0.1) is 26.1 Å². The van der Waals surface area contributed by atoms with Gasteiger partial charge in [-0.2, -0.15) is 0 Å². The molecule has 7 nitrogen and oxygen atoms in total. The molecule has 0 bridgehead atoms. The molecular formula is C34H71NO6P+. The number of quaternary nitrogens is 1. The van der Waals surface area contributed by atoms with Crippen LogP contribution in [0.15, 0.2) is 0 Å². The Morgan fingerprint density at radius 1 is 0.667 bits per heavy atom. The Labute approximate surface area is 260 Å². The third kappa shape index (κ3) is 19.7. The molecule has 2 atom stereocenters. The van der Waals surface area contributed by atoms with E-state index in [1.807, 2.05) is 6.92 Å². The van der Waals surface area contributed by atoms with Gasteiger partial charge in [0.15, 0.2) is 0 Å². The van der Waals surface area contributed by atoms with Crippen molar-refractivity contribution in [3.05, 3.63) is 0 Å². The van der Waals surface area contributed by atoms with E-state index < -0.39 is 19.7 Å². The Balaban J connectivity index is 5.19. The molecule has 0 heterocycles. The molecule has 0 amide bonds. The van der Waals surface area contributed by atoms with Crippen molar-refractivity contribution in [2.75, 3.05) is 19.6 Å². The monoisotopic (exact) mass is 621 g/mol. The van der Waals surface area contributed by atoms with Crippen LogP contribution in [0, 0.1) is 0 Å². The van der Waals surface area contributed by atoms with E-state index >= 15 is 0 Å². The number of ether oxygens (including phenoxy) is 1. The fraction of sp³-hybridized carbons (Fsp3) is 0.971. The van der Waals surface area contributed by atoms with Crippen molar-refractivity contribution in [1.82, 2.24) is 0 Å². The normalized spacial score (nSPS) is 14.6. The average molecular weight is 621 g/mol. The van der Waals surface area contributed by atoms with Gasteiger partial charge in [0.25, 0.3) is 0 Å². The van der Waals surface area contributed by atoms with E-state index in [1.54, 1.807) is 0 Å². The van der Waals surface area contributed by atoms with E-state index in [0.29, 0.717) is 10.9 Å². The van der Waals surface area contributed by atoms with Crippen LogP contribution in [-0.4, -0.2) is 51.7 Å². The summed E-state index contributed by atoms with van der Waals surface area (Å²) in [5.41, 5.74) is -1.16. The second-order valence-electron chi connectivity index (χ2n) is 13.0. The third-order valence-corrected chi connectivity index (χ3v) is 9.59. The van der Waals surface area contributed by atoms with E-state index in [9.17, 15) is 19.1 Å². The molecule has 0 fully saturated rings. The molecule has 0 radical (unpaired) electrons. The lowest BCUT2D eigenvalue weighted by Crippen LogP contribution is -2.66. The van der Waals surface area contributed by atoms with Crippen LogP contribution in [0.2, 0.25) is 0 Å². The molecule has 0 saturated carbocycles. The first-order valence-corrected chi connectivity index (χ1v) is 19.3. The minimum Gasteiger partial charge on any atom is -0.462 e. The van der Waals surface area contributed by atoms with Crippen LogP contribution < -0.4 is 0 Å². The average Bonchev–Trinajstić information content (AvgIpc) is 2.91. The van der Waals surface area contributed by atoms with Gasteiger partial charge in [-0.25, -0.2) is 9.09 Å². The fourth-order valence-electron chi connectivity index (χ4n) is 6.43. The lowest BCUT2D eigenvalue weighted by Gasteiger charge is -2.52. The van der Waals surface area contributed by atoms with Crippen LogP contribution in [-0.2, 0) is 18.6 Å². The molecule has 0 aliphatic heterocycles. The second kappa shape index (κ2) is 24.8. The number of hydrogen-bond donors (Lipinski definition) is 2. The van der Waals surface area contributed by atoms with Crippen molar-refractivity contribution < 1.29 is 32.9 Å². The molecule has 8 heteroatoms. The highest BCUT2D eigenvalue weighted by Gasteiger charge is 2.52. The van der Waals surface area contributed by atoms with Gasteiger partial charge in [-0.3, -0.25) is 9.28 Å². The van der Waals surface area contributed by atoms with Crippen molar-refractivity contribution in [3.8, 4) is 0 Å². The minimum atomic E-state index is -4.79. The summed E-state index contributed by atoms with van der Waals surface area (Å²) < 4.78 is 24.4. The van der Waals surface area contributed by atoms with Gasteiger partial charge in [-0.15, -0.1) is 0 Å². The highest BCUT2D eigenvalue weighted by atomic mass is 31.2. The summed E-state index contributed by atoms with van der Waals surface area (Å²) in [6.45, 7) is 14.4. The summed E-state index contributed by atoms with van der Waals surface area (Å²) >= 11 is 0. The zero-order valence-electron chi connectivity index (χ0n) is 28.7.